The van der Waals surface area contributed by atoms with Gasteiger partial charge in [-0.1, -0.05) is 11.6 Å². The van der Waals surface area contributed by atoms with E-state index in [2.05, 4.69) is 5.32 Å². The number of anilines is 1. The normalized spacial score (nSPS) is 24.3. The molecule has 3 rings (SSSR count). The van der Waals surface area contributed by atoms with Gasteiger partial charge in [0, 0.05) is 28.6 Å². The van der Waals surface area contributed by atoms with Crippen LogP contribution >= 0.6 is 11.6 Å². The zero-order valence-corrected chi connectivity index (χ0v) is 12.0. The van der Waals surface area contributed by atoms with Crippen LogP contribution in [0.25, 0.3) is 0 Å². The van der Waals surface area contributed by atoms with Crippen LogP contribution in [0.2, 0.25) is 5.02 Å². The van der Waals surface area contributed by atoms with Gasteiger partial charge in [0.15, 0.2) is 5.54 Å². The van der Waals surface area contributed by atoms with Gasteiger partial charge >= 0.3 is 12.2 Å². The molecule has 2 amide bonds. The fourth-order valence-corrected chi connectivity index (χ4v) is 2.84. The summed E-state index contributed by atoms with van der Waals surface area (Å²) >= 11 is 5.81. The van der Waals surface area contributed by atoms with E-state index in [1.165, 1.54) is 12.1 Å². The second-order valence-corrected chi connectivity index (χ2v) is 6.03. The summed E-state index contributed by atoms with van der Waals surface area (Å²) in [5, 5.41) is 4.33. The van der Waals surface area contributed by atoms with Crippen LogP contribution in [0.1, 0.15) is 24.8 Å². The number of carbonyl (C=O) groups is 2. The number of benzene rings is 1. The van der Waals surface area contributed by atoms with Gasteiger partial charge in [-0.3, -0.25) is 4.79 Å². The highest BCUT2D eigenvalue weighted by Gasteiger charge is 2.61. The Morgan fingerprint density at radius 2 is 2.05 bits per heavy atom. The summed E-state index contributed by atoms with van der Waals surface area (Å²) in [5.74, 6) is -0.834. The van der Waals surface area contributed by atoms with Gasteiger partial charge in [-0.15, -0.1) is 0 Å². The second kappa shape index (κ2) is 4.87. The number of rotatable bonds is 3. The van der Waals surface area contributed by atoms with Gasteiger partial charge < -0.3 is 10.6 Å². The molecule has 0 spiro atoms. The number of Topliss-reactive ketones (excluding diaryl/α,β-unsaturated/α-hetero) is 1. The third-order valence-corrected chi connectivity index (χ3v) is 4.21. The number of carbonyl (C=O) groups excluding carboxylic acids is 2. The van der Waals surface area contributed by atoms with Crippen molar-refractivity contribution in [2.45, 2.75) is 31.0 Å². The molecule has 2 aliphatic rings. The fourth-order valence-electron chi connectivity index (χ4n) is 2.67. The first kappa shape index (κ1) is 15.1. The molecular weight excluding hydrogens is 321 g/mol. The minimum atomic E-state index is -4.82. The highest BCUT2D eigenvalue weighted by atomic mass is 35.5. The standard InChI is InChI=1S/C14H12ClF3N2O2/c15-8-3-4-10-9(5-8)13(14(16,17)18,20-12(22)19-10)6-11(21)7-1-2-7/h3-5,7H,1-2,6H2,(H2,19,20,22). The molecule has 8 heteroatoms. The summed E-state index contributed by atoms with van der Waals surface area (Å²) < 4.78 is 41.4. The van der Waals surface area contributed by atoms with Crippen LogP contribution in [0, 0.1) is 5.92 Å². The molecule has 118 valence electrons. The highest BCUT2D eigenvalue weighted by Crippen LogP contribution is 2.48. The first-order valence-corrected chi connectivity index (χ1v) is 7.09. The number of halogens is 4. The van der Waals surface area contributed by atoms with Crippen molar-refractivity contribution in [1.29, 1.82) is 0 Å². The summed E-state index contributed by atoms with van der Waals surface area (Å²) in [5.41, 5.74) is -2.97. The van der Waals surface area contributed by atoms with Gasteiger partial charge in [-0.25, -0.2) is 4.79 Å². The molecule has 0 aromatic heterocycles. The van der Waals surface area contributed by atoms with E-state index in [0.717, 1.165) is 6.07 Å². The van der Waals surface area contributed by atoms with E-state index in [1.807, 2.05) is 5.32 Å². The van der Waals surface area contributed by atoms with Gasteiger partial charge in [0.05, 0.1) is 0 Å². The minimum Gasteiger partial charge on any atom is -0.319 e. The van der Waals surface area contributed by atoms with Gasteiger partial charge in [-0.05, 0) is 31.0 Å². The van der Waals surface area contributed by atoms with Crippen LogP contribution < -0.4 is 10.6 Å². The van der Waals surface area contributed by atoms with Crippen molar-refractivity contribution in [3.63, 3.8) is 0 Å². The molecule has 1 aliphatic carbocycles. The molecule has 1 aliphatic heterocycles. The molecular formula is C14H12ClF3N2O2. The lowest BCUT2D eigenvalue weighted by atomic mass is 9.81. The lowest BCUT2D eigenvalue weighted by molar-refractivity contribution is -0.200. The number of hydrogen-bond acceptors (Lipinski definition) is 2. The van der Waals surface area contributed by atoms with E-state index in [-0.39, 0.29) is 22.2 Å². The Morgan fingerprint density at radius 3 is 2.64 bits per heavy atom. The van der Waals surface area contributed by atoms with Crippen molar-refractivity contribution in [2.75, 3.05) is 5.32 Å². The van der Waals surface area contributed by atoms with Crippen molar-refractivity contribution in [3.8, 4) is 0 Å². The topological polar surface area (TPSA) is 58.2 Å². The zero-order valence-electron chi connectivity index (χ0n) is 11.3. The summed E-state index contributed by atoms with van der Waals surface area (Å²) in [6.45, 7) is 0. The molecule has 1 heterocycles. The van der Waals surface area contributed by atoms with E-state index in [9.17, 15) is 22.8 Å². The maximum Gasteiger partial charge on any atom is 0.416 e. The van der Waals surface area contributed by atoms with Gasteiger partial charge in [0.25, 0.3) is 0 Å². The highest BCUT2D eigenvalue weighted by molar-refractivity contribution is 6.30. The van der Waals surface area contributed by atoms with Crippen molar-refractivity contribution >= 4 is 29.1 Å². The lowest BCUT2D eigenvalue weighted by Crippen LogP contribution is -2.61. The Bertz CT molecular complexity index is 658. The molecule has 1 aromatic carbocycles. The Hall–Kier alpha value is -1.76. The molecule has 0 radical (unpaired) electrons. The molecule has 1 atom stereocenters. The predicted molar refractivity (Wildman–Crippen MR) is 73.7 cm³/mol. The van der Waals surface area contributed by atoms with E-state index < -0.39 is 30.0 Å². The van der Waals surface area contributed by atoms with E-state index in [4.69, 9.17) is 11.6 Å². The Kier molecular flexibility index (Phi) is 3.36. The fraction of sp³-hybridized carbons (Fsp3) is 0.429. The van der Waals surface area contributed by atoms with Crippen molar-refractivity contribution < 1.29 is 22.8 Å². The third-order valence-electron chi connectivity index (χ3n) is 3.97. The number of amides is 2. The van der Waals surface area contributed by atoms with Crippen LogP contribution in [-0.2, 0) is 10.3 Å². The SMILES string of the molecule is O=C1Nc2ccc(Cl)cc2C(CC(=O)C2CC2)(C(F)(F)F)N1. The maximum absolute atomic E-state index is 13.8. The smallest absolute Gasteiger partial charge is 0.319 e. The largest absolute Gasteiger partial charge is 0.416 e. The van der Waals surface area contributed by atoms with Crippen molar-refractivity contribution in [1.82, 2.24) is 5.32 Å². The molecule has 4 nitrogen and oxygen atoms in total. The number of hydrogen-bond donors (Lipinski definition) is 2. The maximum atomic E-state index is 13.8. The van der Waals surface area contributed by atoms with Crippen LogP contribution in [0.4, 0.5) is 23.7 Å². The minimum absolute atomic E-state index is 0.00840. The molecule has 0 bridgehead atoms. The van der Waals surface area contributed by atoms with Gasteiger partial charge in [0.1, 0.15) is 5.78 Å². The third kappa shape index (κ3) is 2.43. The number of urea groups is 1. The van der Waals surface area contributed by atoms with Crippen molar-refractivity contribution in [2.24, 2.45) is 5.92 Å². The average Bonchev–Trinajstić information content (AvgIpc) is 3.22. The summed E-state index contributed by atoms with van der Waals surface area (Å²) in [6, 6.07) is 2.83. The summed E-state index contributed by atoms with van der Waals surface area (Å²) in [7, 11) is 0. The number of alkyl halides is 3. The predicted octanol–water partition coefficient (Wildman–Crippen LogP) is 3.60. The second-order valence-electron chi connectivity index (χ2n) is 5.59. The first-order valence-electron chi connectivity index (χ1n) is 6.71. The van der Waals surface area contributed by atoms with E-state index >= 15 is 0 Å². The van der Waals surface area contributed by atoms with Gasteiger partial charge in [0.2, 0.25) is 0 Å². The van der Waals surface area contributed by atoms with Crippen LogP contribution in [0.15, 0.2) is 18.2 Å². The molecule has 2 N–H and O–H groups in total. The Balaban J connectivity index is 2.14. The molecule has 0 saturated heterocycles. The molecule has 1 unspecified atom stereocenters. The summed E-state index contributed by atoms with van der Waals surface area (Å²) in [4.78, 5) is 23.7. The van der Waals surface area contributed by atoms with E-state index in [1.54, 1.807) is 0 Å². The van der Waals surface area contributed by atoms with Crippen LogP contribution in [-0.4, -0.2) is 18.0 Å². The first-order chi connectivity index (χ1) is 10.2. The van der Waals surface area contributed by atoms with Crippen LogP contribution in [0.3, 0.4) is 0 Å². The zero-order chi connectivity index (χ0) is 16.1. The average molecular weight is 333 g/mol. The lowest BCUT2D eigenvalue weighted by Gasteiger charge is -2.40. The van der Waals surface area contributed by atoms with E-state index in [0.29, 0.717) is 12.8 Å². The molecule has 1 fully saturated rings. The van der Waals surface area contributed by atoms with Crippen LogP contribution in [0.5, 0.6) is 0 Å². The monoisotopic (exact) mass is 332 g/mol. The number of ketones is 1. The molecule has 1 saturated carbocycles. The Morgan fingerprint density at radius 1 is 1.36 bits per heavy atom. The summed E-state index contributed by atoms with van der Waals surface area (Å²) in [6.07, 6.45) is -4.45. The molecule has 22 heavy (non-hydrogen) atoms. The number of nitrogens with one attached hydrogen (secondary N) is 2. The van der Waals surface area contributed by atoms with Crippen molar-refractivity contribution in [3.05, 3.63) is 28.8 Å². The number of fused-ring (bicyclic) bond motifs is 1. The Labute approximate surface area is 129 Å². The molecule has 1 aromatic rings. The quantitative estimate of drug-likeness (QED) is 0.888. The van der Waals surface area contributed by atoms with Gasteiger partial charge in [-0.2, -0.15) is 13.2 Å².